The minimum atomic E-state index is -0.786. The van der Waals surface area contributed by atoms with Crippen molar-refractivity contribution in [3.63, 3.8) is 0 Å². The van der Waals surface area contributed by atoms with Crippen molar-refractivity contribution in [3.05, 3.63) is 28.6 Å². The number of hydrogen-bond acceptors (Lipinski definition) is 7. The van der Waals surface area contributed by atoms with Gasteiger partial charge in [-0.3, -0.25) is 9.59 Å². The summed E-state index contributed by atoms with van der Waals surface area (Å²) in [6.45, 7) is 3.73. The van der Waals surface area contributed by atoms with E-state index >= 15 is 0 Å². The number of carbonyl (C=O) groups excluding carboxylic acids is 2. The summed E-state index contributed by atoms with van der Waals surface area (Å²) in [5.74, 6) is -0.614. The number of esters is 1. The lowest BCUT2D eigenvalue weighted by molar-refractivity contribution is -0.160. The summed E-state index contributed by atoms with van der Waals surface area (Å²) >= 11 is 3.11. The van der Waals surface area contributed by atoms with Crippen LogP contribution in [-0.4, -0.2) is 54.2 Å². The molecule has 1 aliphatic rings. The molecule has 1 atom stereocenters. The maximum Gasteiger partial charge on any atom is 0.312 e. The Kier molecular flexibility index (Phi) is 5.60. The lowest BCUT2D eigenvalue weighted by Gasteiger charge is -2.28. The van der Waals surface area contributed by atoms with Crippen LogP contribution in [-0.2, 0) is 25.5 Å². The Morgan fingerprint density at radius 2 is 2.17 bits per heavy atom. The van der Waals surface area contributed by atoms with Gasteiger partial charge < -0.3 is 14.4 Å². The van der Waals surface area contributed by atoms with Crippen molar-refractivity contribution in [1.82, 2.24) is 9.88 Å². The number of thiazole rings is 1. The zero-order valence-corrected chi connectivity index (χ0v) is 14.9. The van der Waals surface area contributed by atoms with E-state index in [4.69, 9.17) is 9.47 Å². The molecular formula is C16H18N2O4S2. The highest BCUT2D eigenvalue weighted by Gasteiger charge is 2.25. The van der Waals surface area contributed by atoms with Crippen LogP contribution in [0.2, 0.25) is 0 Å². The van der Waals surface area contributed by atoms with Crippen LogP contribution in [0.1, 0.15) is 12.6 Å². The van der Waals surface area contributed by atoms with Crippen LogP contribution in [0.4, 0.5) is 0 Å². The molecule has 3 rings (SSSR count). The number of nitrogens with zero attached hydrogens (tertiary/aromatic N) is 2. The average Bonchev–Trinajstić information content (AvgIpc) is 3.26. The van der Waals surface area contributed by atoms with E-state index in [9.17, 15) is 9.59 Å². The lowest BCUT2D eigenvalue weighted by atomic mass is 10.3. The zero-order chi connectivity index (χ0) is 16.9. The predicted molar refractivity (Wildman–Crippen MR) is 92.1 cm³/mol. The minimum absolute atomic E-state index is 0.0720. The Morgan fingerprint density at radius 3 is 2.88 bits per heavy atom. The summed E-state index contributed by atoms with van der Waals surface area (Å²) in [5, 5.41) is 4.74. The van der Waals surface area contributed by atoms with Crippen molar-refractivity contribution >= 4 is 34.6 Å². The van der Waals surface area contributed by atoms with Gasteiger partial charge >= 0.3 is 5.97 Å². The normalized spacial score (nSPS) is 16.0. The van der Waals surface area contributed by atoms with E-state index in [2.05, 4.69) is 4.98 Å². The highest BCUT2D eigenvalue weighted by atomic mass is 32.1. The van der Waals surface area contributed by atoms with Crippen LogP contribution in [0.25, 0.3) is 9.88 Å². The molecule has 0 aromatic carbocycles. The average molecular weight is 366 g/mol. The number of amides is 1. The van der Waals surface area contributed by atoms with E-state index < -0.39 is 12.1 Å². The van der Waals surface area contributed by atoms with Gasteiger partial charge in [-0.2, -0.15) is 0 Å². The third-order valence-electron chi connectivity index (χ3n) is 3.59. The third-order valence-corrected chi connectivity index (χ3v) is 5.52. The summed E-state index contributed by atoms with van der Waals surface area (Å²) in [7, 11) is 0. The molecule has 1 amide bonds. The van der Waals surface area contributed by atoms with Gasteiger partial charge in [-0.25, -0.2) is 4.98 Å². The Hall–Kier alpha value is -1.77. The predicted octanol–water partition coefficient (Wildman–Crippen LogP) is 2.20. The first kappa shape index (κ1) is 17.1. The van der Waals surface area contributed by atoms with Crippen molar-refractivity contribution in [3.8, 4) is 9.88 Å². The summed E-state index contributed by atoms with van der Waals surface area (Å²) < 4.78 is 10.5. The molecule has 128 valence electrons. The van der Waals surface area contributed by atoms with E-state index in [0.717, 1.165) is 9.88 Å². The molecule has 2 aromatic rings. The van der Waals surface area contributed by atoms with E-state index in [-0.39, 0.29) is 12.3 Å². The molecule has 0 bridgehead atoms. The Balaban J connectivity index is 1.52. The van der Waals surface area contributed by atoms with Gasteiger partial charge in [-0.05, 0) is 18.4 Å². The molecule has 0 radical (unpaired) electrons. The van der Waals surface area contributed by atoms with Gasteiger partial charge in [0.05, 0.1) is 30.2 Å². The number of aromatic nitrogens is 1. The molecular weight excluding hydrogens is 348 g/mol. The molecule has 1 fully saturated rings. The van der Waals surface area contributed by atoms with Crippen LogP contribution < -0.4 is 0 Å². The number of carbonyl (C=O) groups is 2. The molecule has 1 saturated heterocycles. The van der Waals surface area contributed by atoms with Gasteiger partial charge in [0.2, 0.25) is 0 Å². The van der Waals surface area contributed by atoms with Crippen LogP contribution in [0, 0.1) is 0 Å². The Bertz CT molecular complexity index is 693. The summed E-state index contributed by atoms with van der Waals surface area (Å²) in [5.41, 5.74) is 0.666. The molecule has 0 spiro atoms. The Labute approximate surface area is 148 Å². The number of thiophene rings is 1. The monoisotopic (exact) mass is 366 g/mol. The fraction of sp³-hybridized carbons (Fsp3) is 0.438. The Morgan fingerprint density at radius 1 is 1.38 bits per heavy atom. The van der Waals surface area contributed by atoms with Crippen molar-refractivity contribution < 1.29 is 19.1 Å². The standard InChI is InChI=1S/C16H18N2O4S2/c1-11(16(20)18-4-6-21-7-5-18)22-14(19)9-12-10-24-15(17-12)13-3-2-8-23-13/h2-3,8,10-11H,4-7,9H2,1H3. The van der Waals surface area contributed by atoms with Crippen LogP contribution in [0.5, 0.6) is 0 Å². The summed E-state index contributed by atoms with van der Waals surface area (Å²) in [4.78, 5) is 31.5. The second kappa shape index (κ2) is 7.87. The van der Waals surface area contributed by atoms with E-state index in [1.807, 2.05) is 22.9 Å². The highest BCUT2D eigenvalue weighted by Crippen LogP contribution is 2.27. The minimum Gasteiger partial charge on any atom is -0.452 e. The van der Waals surface area contributed by atoms with Gasteiger partial charge in [0, 0.05) is 18.5 Å². The maximum absolute atomic E-state index is 12.2. The first-order valence-electron chi connectivity index (χ1n) is 7.68. The molecule has 3 heterocycles. The fourth-order valence-electron chi connectivity index (χ4n) is 2.38. The molecule has 1 aliphatic heterocycles. The van der Waals surface area contributed by atoms with Gasteiger partial charge in [0.15, 0.2) is 6.10 Å². The number of hydrogen-bond donors (Lipinski definition) is 0. The highest BCUT2D eigenvalue weighted by molar-refractivity contribution is 7.20. The second-order valence-corrected chi connectivity index (χ2v) is 7.17. The van der Waals surface area contributed by atoms with Crippen molar-refractivity contribution in [2.45, 2.75) is 19.4 Å². The fourth-order valence-corrected chi connectivity index (χ4v) is 4.01. The maximum atomic E-state index is 12.2. The van der Waals surface area contributed by atoms with Crippen LogP contribution in [0.3, 0.4) is 0 Å². The van der Waals surface area contributed by atoms with Crippen molar-refractivity contribution in [1.29, 1.82) is 0 Å². The van der Waals surface area contributed by atoms with E-state index in [1.165, 1.54) is 11.3 Å². The largest absolute Gasteiger partial charge is 0.452 e. The molecule has 8 heteroatoms. The molecule has 24 heavy (non-hydrogen) atoms. The molecule has 1 unspecified atom stereocenters. The smallest absolute Gasteiger partial charge is 0.312 e. The molecule has 6 nitrogen and oxygen atoms in total. The first-order chi connectivity index (χ1) is 11.6. The SMILES string of the molecule is CC(OC(=O)Cc1csc(-c2cccs2)n1)C(=O)N1CCOCC1. The van der Waals surface area contributed by atoms with E-state index in [0.29, 0.717) is 32.0 Å². The zero-order valence-electron chi connectivity index (χ0n) is 13.3. The summed E-state index contributed by atoms with van der Waals surface area (Å²) in [6, 6.07) is 3.96. The molecule has 0 saturated carbocycles. The molecule has 0 N–H and O–H groups in total. The summed E-state index contributed by atoms with van der Waals surface area (Å²) in [6.07, 6.45) is -0.714. The number of morpholine rings is 1. The van der Waals surface area contributed by atoms with Gasteiger partial charge in [-0.1, -0.05) is 6.07 Å². The number of rotatable bonds is 5. The van der Waals surface area contributed by atoms with Crippen molar-refractivity contribution in [2.24, 2.45) is 0 Å². The topological polar surface area (TPSA) is 68.7 Å². The van der Waals surface area contributed by atoms with Gasteiger partial charge in [-0.15, -0.1) is 22.7 Å². The molecule has 2 aromatic heterocycles. The van der Waals surface area contributed by atoms with Crippen LogP contribution >= 0.6 is 22.7 Å². The number of ether oxygens (including phenoxy) is 2. The third kappa shape index (κ3) is 4.19. The van der Waals surface area contributed by atoms with Crippen molar-refractivity contribution in [2.75, 3.05) is 26.3 Å². The molecule has 0 aliphatic carbocycles. The lowest BCUT2D eigenvalue weighted by Crippen LogP contribution is -2.46. The van der Waals surface area contributed by atoms with Gasteiger partial charge in [0.25, 0.3) is 5.91 Å². The first-order valence-corrected chi connectivity index (χ1v) is 9.43. The second-order valence-electron chi connectivity index (χ2n) is 5.37. The van der Waals surface area contributed by atoms with Crippen LogP contribution in [0.15, 0.2) is 22.9 Å². The quantitative estimate of drug-likeness (QED) is 0.759. The van der Waals surface area contributed by atoms with E-state index in [1.54, 1.807) is 23.2 Å². The van der Waals surface area contributed by atoms with Gasteiger partial charge in [0.1, 0.15) is 5.01 Å².